The molecule has 80 valence electrons. The van der Waals surface area contributed by atoms with Crippen molar-refractivity contribution < 1.29 is 4.79 Å². The van der Waals surface area contributed by atoms with Crippen LogP contribution in [0.5, 0.6) is 0 Å². The highest BCUT2D eigenvalue weighted by atomic mass is 79.9. The highest BCUT2D eigenvalue weighted by molar-refractivity contribution is 9.11. The fourth-order valence-corrected chi connectivity index (χ4v) is 2.48. The first-order valence-corrected chi connectivity index (χ1v) is 6.13. The molecule has 0 bridgehead atoms. The van der Waals surface area contributed by atoms with E-state index in [2.05, 4.69) is 15.9 Å². The Balaban J connectivity index is 2.81. The van der Waals surface area contributed by atoms with Crippen molar-refractivity contribution in [1.82, 2.24) is 0 Å². The van der Waals surface area contributed by atoms with Gasteiger partial charge in [-0.15, -0.1) is 11.3 Å². The number of rotatable bonds is 3. The maximum absolute atomic E-state index is 11.8. The second-order valence-corrected chi connectivity index (χ2v) is 5.51. The van der Waals surface area contributed by atoms with Gasteiger partial charge in [0.25, 0.3) is 0 Å². The van der Waals surface area contributed by atoms with Gasteiger partial charge in [-0.05, 0) is 34.5 Å². The van der Waals surface area contributed by atoms with Gasteiger partial charge in [-0.2, -0.15) is 5.26 Å². The average Bonchev–Trinajstić information content (AvgIpc) is 2.65. The Morgan fingerprint density at radius 3 is 2.80 bits per heavy atom. The van der Waals surface area contributed by atoms with Crippen molar-refractivity contribution in [1.29, 1.82) is 5.26 Å². The summed E-state index contributed by atoms with van der Waals surface area (Å²) in [5.41, 5.74) is 0. The maximum atomic E-state index is 11.8. The lowest BCUT2D eigenvalue weighted by Gasteiger charge is -2.17. The molecule has 0 N–H and O–H groups in total. The molecular formula is C10H11BrN2OS. The smallest absolute Gasteiger partial charge is 0.244 e. The molecule has 1 heterocycles. The van der Waals surface area contributed by atoms with Crippen LogP contribution in [0.15, 0.2) is 15.9 Å². The van der Waals surface area contributed by atoms with Crippen molar-refractivity contribution in [3.63, 3.8) is 0 Å². The van der Waals surface area contributed by atoms with Gasteiger partial charge in [-0.25, -0.2) is 0 Å². The van der Waals surface area contributed by atoms with Gasteiger partial charge < -0.3 is 4.90 Å². The fraction of sp³-hybridized carbons (Fsp3) is 0.400. The van der Waals surface area contributed by atoms with Crippen LogP contribution < -0.4 is 4.90 Å². The summed E-state index contributed by atoms with van der Waals surface area (Å²) >= 11 is 4.81. The highest BCUT2D eigenvalue weighted by Crippen LogP contribution is 2.30. The van der Waals surface area contributed by atoms with Gasteiger partial charge in [0.05, 0.1) is 14.9 Å². The number of nitrogens with zero attached hydrogens (tertiary/aromatic N) is 2. The van der Waals surface area contributed by atoms with Gasteiger partial charge in [0.1, 0.15) is 5.92 Å². The lowest BCUT2D eigenvalue weighted by Crippen LogP contribution is -2.31. The molecule has 0 aromatic carbocycles. The molecule has 0 saturated carbocycles. The van der Waals surface area contributed by atoms with Crippen molar-refractivity contribution >= 4 is 38.2 Å². The minimum absolute atomic E-state index is 0.144. The summed E-state index contributed by atoms with van der Waals surface area (Å²) in [7, 11) is 1.70. The minimum Gasteiger partial charge on any atom is -0.306 e. The van der Waals surface area contributed by atoms with E-state index in [-0.39, 0.29) is 5.91 Å². The van der Waals surface area contributed by atoms with Crippen LogP contribution in [0, 0.1) is 17.2 Å². The third-order valence-corrected chi connectivity index (χ3v) is 3.78. The van der Waals surface area contributed by atoms with Crippen LogP contribution in [0.4, 0.5) is 5.00 Å². The van der Waals surface area contributed by atoms with Gasteiger partial charge in [0.2, 0.25) is 5.91 Å². The van der Waals surface area contributed by atoms with E-state index in [0.717, 1.165) is 8.79 Å². The molecule has 1 amide bonds. The Hall–Kier alpha value is -0.860. The number of carbonyl (C=O) groups is 1. The van der Waals surface area contributed by atoms with Gasteiger partial charge in [-0.1, -0.05) is 6.92 Å². The SMILES string of the molecule is CCC(C#N)C(=O)N(C)c1ccc(Br)s1. The Labute approximate surface area is 101 Å². The first-order valence-electron chi connectivity index (χ1n) is 4.52. The third-order valence-electron chi connectivity index (χ3n) is 2.08. The first-order chi connectivity index (χ1) is 7.10. The Kier molecular flexibility index (Phi) is 4.30. The van der Waals surface area contributed by atoms with Gasteiger partial charge in [0.15, 0.2) is 0 Å². The summed E-state index contributed by atoms with van der Waals surface area (Å²) in [6.45, 7) is 1.84. The lowest BCUT2D eigenvalue weighted by molar-refractivity contribution is -0.120. The van der Waals surface area contributed by atoms with Crippen LogP contribution in [0.3, 0.4) is 0 Å². The number of carbonyl (C=O) groups excluding carboxylic acids is 1. The zero-order chi connectivity index (χ0) is 11.4. The lowest BCUT2D eigenvalue weighted by atomic mass is 10.1. The van der Waals surface area contributed by atoms with E-state index in [1.807, 2.05) is 25.1 Å². The molecule has 0 spiro atoms. The quantitative estimate of drug-likeness (QED) is 0.857. The summed E-state index contributed by atoms with van der Waals surface area (Å²) in [6, 6.07) is 5.75. The monoisotopic (exact) mass is 286 g/mol. The summed E-state index contributed by atoms with van der Waals surface area (Å²) in [4.78, 5) is 13.3. The zero-order valence-electron chi connectivity index (χ0n) is 8.53. The van der Waals surface area contributed by atoms with E-state index in [0.29, 0.717) is 6.42 Å². The van der Waals surface area contributed by atoms with Crippen LogP contribution in [-0.2, 0) is 4.79 Å². The van der Waals surface area contributed by atoms with E-state index in [4.69, 9.17) is 5.26 Å². The topological polar surface area (TPSA) is 44.1 Å². The number of anilines is 1. The molecule has 1 atom stereocenters. The number of amides is 1. The molecular weight excluding hydrogens is 276 g/mol. The van der Waals surface area contributed by atoms with E-state index in [1.165, 1.54) is 16.2 Å². The first kappa shape index (κ1) is 12.2. The number of nitriles is 1. The van der Waals surface area contributed by atoms with E-state index in [1.54, 1.807) is 7.05 Å². The van der Waals surface area contributed by atoms with E-state index in [9.17, 15) is 4.79 Å². The molecule has 0 saturated heterocycles. The Morgan fingerprint density at radius 1 is 1.73 bits per heavy atom. The van der Waals surface area contributed by atoms with Crippen LogP contribution in [0.25, 0.3) is 0 Å². The Morgan fingerprint density at radius 2 is 2.40 bits per heavy atom. The second kappa shape index (κ2) is 5.29. The predicted molar refractivity (Wildman–Crippen MR) is 64.8 cm³/mol. The molecule has 0 aliphatic heterocycles. The van der Waals surface area contributed by atoms with Gasteiger partial charge in [-0.3, -0.25) is 4.79 Å². The summed E-state index contributed by atoms with van der Waals surface area (Å²) in [5, 5.41) is 9.64. The summed E-state index contributed by atoms with van der Waals surface area (Å²) in [5.74, 6) is -0.690. The molecule has 1 aromatic rings. The summed E-state index contributed by atoms with van der Waals surface area (Å²) in [6.07, 6.45) is 0.548. The van der Waals surface area contributed by atoms with Crippen LogP contribution in [0.1, 0.15) is 13.3 Å². The standard InChI is InChI=1S/C10H11BrN2OS/c1-3-7(6-12)10(14)13(2)9-5-4-8(11)15-9/h4-5,7H,3H2,1-2H3. The van der Waals surface area contributed by atoms with Crippen molar-refractivity contribution in [2.24, 2.45) is 5.92 Å². The molecule has 0 aliphatic rings. The highest BCUT2D eigenvalue weighted by Gasteiger charge is 2.21. The molecule has 0 fully saturated rings. The number of thiophene rings is 1. The van der Waals surface area contributed by atoms with Gasteiger partial charge >= 0.3 is 0 Å². The third kappa shape index (κ3) is 2.80. The molecule has 3 nitrogen and oxygen atoms in total. The number of hydrogen-bond donors (Lipinski definition) is 0. The zero-order valence-corrected chi connectivity index (χ0v) is 10.9. The fourth-order valence-electron chi connectivity index (χ4n) is 1.15. The summed E-state index contributed by atoms with van der Waals surface area (Å²) < 4.78 is 0.974. The molecule has 5 heteroatoms. The second-order valence-electron chi connectivity index (χ2n) is 3.06. The molecule has 1 rings (SSSR count). The number of hydrogen-bond acceptors (Lipinski definition) is 3. The van der Waals surface area contributed by atoms with Crippen molar-refractivity contribution in [3.05, 3.63) is 15.9 Å². The van der Waals surface area contributed by atoms with E-state index < -0.39 is 5.92 Å². The molecule has 1 unspecified atom stereocenters. The van der Waals surface area contributed by atoms with Crippen molar-refractivity contribution in [2.75, 3.05) is 11.9 Å². The van der Waals surface area contributed by atoms with E-state index >= 15 is 0 Å². The van der Waals surface area contributed by atoms with Crippen LogP contribution in [0.2, 0.25) is 0 Å². The average molecular weight is 287 g/mol. The van der Waals surface area contributed by atoms with Gasteiger partial charge in [0, 0.05) is 7.05 Å². The maximum Gasteiger partial charge on any atom is 0.244 e. The van der Waals surface area contributed by atoms with Crippen molar-refractivity contribution in [3.8, 4) is 6.07 Å². The van der Waals surface area contributed by atoms with Crippen LogP contribution in [-0.4, -0.2) is 13.0 Å². The Bertz CT molecular complexity index is 396. The largest absolute Gasteiger partial charge is 0.306 e. The molecule has 15 heavy (non-hydrogen) atoms. The van der Waals surface area contributed by atoms with Crippen LogP contribution >= 0.6 is 27.3 Å². The molecule has 1 aromatic heterocycles. The van der Waals surface area contributed by atoms with Crippen molar-refractivity contribution in [2.45, 2.75) is 13.3 Å². The predicted octanol–water partition coefficient (Wildman–Crippen LogP) is 3.02. The minimum atomic E-state index is -0.545. The molecule has 0 radical (unpaired) electrons. The molecule has 0 aliphatic carbocycles. The normalized spacial score (nSPS) is 11.9. The number of halogens is 1.